The van der Waals surface area contributed by atoms with Crippen molar-refractivity contribution in [3.63, 3.8) is 0 Å². The molecular weight excluding hydrogens is 1040 g/mol. The van der Waals surface area contributed by atoms with Crippen LogP contribution in [0.15, 0.2) is 122 Å². The number of carbonyl (C=O) groups excluding carboxylic acids is 4. The molecule has 7 N–H and O–H groups in total. The molecule has 10 rings (SSSR count). The molecule has 0 saturated carbocycles. The molecule has 2 aliphatic heterocycles. The van der Waals surface area contributed by atoms with Gasteiger partial charge in [0.05, 0.1) is 63.4 Å². The number of nitrogens with one attached hydrogen (secondary N) is 5. The Morgan fingerprint density at radius 1 is 0.605 bits per heavy atom. The molecule has 4 aromatic carbocycles. The summed E-state index contributed by atoms with van der Waals surface area (Å²) in [4.78, 5) is 70.8. The lowest BCUT2D eigenvalue weighted by molar-refractivity contribution is -0.120. The van der Waals surface area contributed by atoms with Crippen LogP contribution in [0.1, 0.15) is 78.8 Å². The van der Waals surface area contributed by atoms with Gasteiger partial charge in [-0.25, -0.2) is 19.9 Å². The third-order valence-corrected chi connectivity index (χ3v) is 12.9. The van der Waals surface area contributed by atoms with Gasteiger partial charge in [0.15, 0.2) is 11.6 Å². The van der Waals surface area contributed by atoms with E-state index in [-0.39, 0.29) is 70.3 Å². The second-order valence-electron chi connectivity index (χ2n) is 17.6. The van der Waals surface area contributed by atoms with E-state index < -0.39 is 0 Å². The molecule has 2 saturated heterocycles. The number of para-hydroxylation sites is 2. The number of fused-ring (bicyclic) bond motifs is 2. The molecule has 0 radical (unpaired) electrons. The first-order chi connectivity index (χ1) is 36.3. The maximum atomic E-state index is 13.5. The van der Waals surface area contributed by atoms with Crippen LogP contribution in [0.2, 0.25) is 15.2 Å². The van der Waals surface area contributed by atoms with Gasteiger partial charge in [-0.2, -0.15) is 0 Å². The number of ketones is 2. The van der Waals surface area contributed by atoms with Gasteiger partial charge in [-0.1, -0.05) is 78.6 Å². The van der Waals surface area contributed by atoms with E-state index in [9.17, 15) is 19.2 Å². The summed E-state index contributed by atoms with van der Waals surface area (Å²) in [6.07, 6.45) is 9.65. The number of aromatic nitrogens is 6. The maximum Gasteiger partial charge on any atom is 0.216 e. The molecule has 2 aliphatic rings. The van der Waals surface area contributed by atoms with Gasteiger partial charge in [-0.05, 0) is 74.2 Å². The van der Waals surface area contributed by atoms with E-state index in [4.69, 9.17) is 59.5 Å². The van der Waals surface area contributed by atoms with E-state index in [0.29, 0.717) is 99.4 Å². The van der Waals surface area contributed by atoms with Crippen LogP contribution >= 0.6 is 34.8 Å². The maximum absolute atomic E-state index is 13.5. The number of hydrogen-bond acceptors (Lipinski definition) is 14. The number of carbonyl (C=O) groups is 4. The van der Waals surface area contributed by atoms with Gasteiger partial charge in [-0.15, -0.1) is 0 Å². The molecule has 0 bridgehead atoms. The highest BCUT2D eigenvalue weighted by molar-refractivity contribution is 6.38. The lowest BCUT2D eigenvalue weighted by Gasteiger charge is -2.30. The number of nitrogens with zero attached hydrogens (tertiary/aromatic N) is 4. The quantitative estimate of drug-likeness (QED) is 0.0438. The summed E-state index contributed by atoms with van der Waals surface area (Å²) in [5.74, 6) is 2.37. The zero-order valence-corrected chi connectivity index (χ0v) is 43.0. The minimum absolute atomic E-state index is 0. The van der Waals surface area contributed by atoms with Crippen LogP contribution in [0.5, 0.6) is 23.0 Å². The zero-order chi connectivity index (χ0) is 52.8. The molecule has 2 fully saturated rings. The Bertz CT molecular complexity index is 3260. The first kappa shape index (κ1) is 56.3. The van der Waals surface area contributed by atoms with E-state index in [1.807, 2.05) is 60.7 Å². The number of rotatable bonds is 14. The van der Waals surface area contributed by atoms with Crippen molar-refractivity contribution in [3.05, 3.63) is 160 Å². The van der Waals surface area contributed by atoms with Crippen molar-refractivity contribution in [1.29, 1.82) is 0 Å². The Labute approximate surface area is 453 Å². The van der Waals surface area contributed by atoms with Gasteiger partial charge in [0, 0.05) is 68.6 Å². The molecule has 0 aliphatic carbocycles. The Kier molecular flexibility index (Phi) is 19.9. The van der Waals surface area contributed by atoms with Crippen molar-refractivity contribution >= 4 is 86.1 Å². The van der Waals surface area contributed by atoms with Gasteiger partial charge < -0.3 is 50.6 Å². The molecule has 4 atom stereocenters. The molecule has 6 heterocycles. The SMILES string of the molecule is C.CC(=O)NC[C@@H]1CC[C@@H](N)CO1.CC(=O)NC[C@@H]1CC[C@@H](Nc2ncnc3[nH]cc(C(=O)c4ccc(Oc5ccccc5)cc4Cl)c23)CO1.O=C(c1ccc(Oc2ccccc2)cc1Cl)c1c[nH]c2ncnc(Cl)c12. The average Bonchev–Trinajstić information content (AvgIpc) is 4.06. The van der Waals surface area contributed by atoms with Crippen LogP contribution in [0.3, 0.4) is 0 Å². The second-order valence-corrected chi connectivity index (χ2v) is 18.7. The minimum Gasteiger partial charge on any atom is -0.457 e. The number of amides is 2. The van der Waals surface area contributed by atoms with Gasteiger partial charge >= 0.3 is 0 Å². The predicted octanol–water partition coefficient (Wildman–Crippen LogP) is 10.3. The first-order valence-electron chi connectivity index (χ1n) is 24.0. The summed E-state index contributed by atoms with van der Waals surface area (Å²) < 4.78 is 22.9. The second kappa shape index (κ2) is 26.9. The Balaban J connectivity index is 0.000000186. The number of aromatic amines is 2. The summed E-state index contributed by atoms with van der Waals surface area (Å²) in [6, 6.07) is 28.8. The summed E-state index contributed by atoms with van der Waals surface area (Å²) in [7, 11) is 0. The lowest BCUT2D eigenvalue weighted by atomic mass is 10.0. The van der Waals surface area contributed by atoms with Gasteiger partial charge in [0.1, 0.15) is 57.9 Å². The van der Waals surface area contributed by atoms with Crippen LogP contribution in [0.4, 0.5) is 5.82 Å². The van der Waals surface area contributed by atoms with Gasteiger partial charge in [0.25, 0.3) is 0 Å². The van der Waals surface area contributed by atoms with Crippen molar-refractivity contribution in [2.45, 2.75) is 71.2 Å². The minimum atomic E-state index is -0.274. The van der Waals surface area contributed by atoms with E-state index in [1.165, 1.54) is 26.5 Å². The highest BCUT2D eigenvalue weighted by Gasteiger charge is 2.26. The summed E-state index contributed by atoms with van der Waals surface area (Å²) in [5, 5.41) is 10.8. The number of halogens is 3. The molecule has 2 amide bonds. The largest absolute Gasteiger partial charge is 0.457 e. The molecular formula is C55H57Cl3N10O8. The number of ether oxygens (including phenoxy) is 4. The smallest absolute Gasteiger partial charge is 0.216 e. The van der Waals surface area contributed by atoms with Crippen LogP contribution < -0.4 is 31.2 Å². The molecule has 76 heavy (non-hydrogen) atoms. The Morgan fingerprint density at radius 2 is 1.09 bits per heavy atom. The van der Waals surface area contributed by atoms with Crippen LogP contribution in [0.25, 0.3) is 22.1 Å². The number of benzene rings is 4. The molecule has 21 heteroatoms. The number of hydrogen-bond donors (Lipinski definition) is 6. The topological polar surface area (TPSA) is 250 Å². The average molecular weight is 1090 g/mol. The van der Waals surface area contributed by atoms with Gasteiger partial charge in [0.2, 0.25) is 11.8 Å². The predicted molar refractivity (Wildman–Crippen MR) is 293 cm³/mol. The fourth-order valence-corrected chi connectivity index (χ4v) is 8.91. The van der Waals surface area contributed by atoms with E-state index >= 15 is 0 Å². The molecule has 0 unspecified atom stereocenters. The monoisotopic (exact) mass is 1090 g/mol. The van der Waals surface area contributed by atoms with E-state index in [1.54, 1.807) is 48.8 Å². The van der Waals surface area contributed by atoms with Crippen LogP contribution in [-0.2, 0) is 19.1 Å². The van der Waals surface area contributed by atoms with Crippen molar-refractivity contribution < 1.29 is 38.1 Å². The van der Waals surface area contributed by atoms with Crippen molar-refractivity contribution in [2.24, 2.45) is 5.73 Å². The third kappa shape index (κ3) is 14.9. The molecule has 8 aromatic rings. The number of H-pyrrole nitrogens is 2. The zero-order valence-electron chi connectivity index (χ0n) is 40.8. The van der Waals surface area contributed by atoms with E-state index in [0.717, 1.165) is 25.7 Å². The Morgan fingerprint density at radius 3 is 1.57 bits per heavy atom. The molecule has 396 valence electrons. The third-order valence-electron chi connectivity index (χ3n) is 12.0. The fourth-order valence-electron chi connectivity index (χ4n) is 8.16. The van der Waals surface area contributed by atoms with E-state index in [2.05, 4.69) is 45.9 Å². The standard InChI is InChI=1S/C27H26ClN5O4.C19H11Cl2N3O2.C8H16N2O2.CH4/c1-16(34)29-12-20-8-7-17(14-36-20)33-27-24-22(13-30-26(24)31-15-32-27)25(35)21-10-9-19(11-23(21)28)37-18-5-3-2-4-6-18;20-15-8-12(26-11-4-2-1-3-5-11)6-7-13(15)17(25)14-9-22-19-16(14)18(21)23-10-24-19;1-6(11)10-4-8-3-2-7(9)5-12-8;/h2-6,9-11,13,15,17,20H,7-8,12,14H2,1H3,(H,29,34)(H2,30,31,32,33);1-10H,(H,22,23,24);7-8H,2-5,9H2,1H3,(H,10,11);1H4/t17-,20+;;7-,8+;/m1.1./s1. The number of anilines is 1. The summed E-state index contributed by atoms with van der Waals surface area (Å²) in [6.45, 7) is 5.18. The normalized spacial score (nSPS) is 16.9. The Hall–Kier alpha value is -7.45. The molecule has 0 spiro atoms. The number of nitrogens with two attached hydrogens (primary N) is 1. The molecule has 18 nitrogen and oxygen atoms in total. The highest BCUT2D eigenvalue weighted by Crippen LogP contribution is 2.34. The van der Waals surface area contributed by atoms with Crippen LogP contribution in [-0.4, -0.2) is 104 Å². The highest BCUT2D eigenvalue weighted by atomic mass is 35.5. The summed E-state index contributed by atoms with van der Waals surface area (Å²) >= 11 is 18.9. The van der Waals surface area contributed by atoms with Crippen molar-refractivity contribution in [1.82, 2.24) is 40.5 Å². The fraction of sp³-hybridized carbons (Fsp3) is 0.273. The summed E-state index contributed by atoms with van der Waals surface area (Å²) in [5.41, 5.74) is 8.14. The lowest BCUT2D eigenvalue weighted by Crippen LogP contribution is -2.40. The van der Waals surface area contributed by atoms with Crippen LogP contribution in [0, 0.1) is 0 Å². The van der Waals surface area contributed by atoms with Crippen molar-refractivity contribution in [2.75, 3.05) is 31.6 Å². The van der Waals surface area contributed by atoms with Gasteiger partial charge in [-0.3, -0.25) is 19.2 Å². The molecule has 4 aromatic heterocycles. The first-order valence-corrected chi connectivity index (χ1v) is 25.1. The van der Waals surface area contributed by atoms with Crippen molar-refractivity contribution in [3.8, 4) is 23.0 Å².